The van der Waals surface area contributed by atoms with Gasteiger partial charge < -0.3 is 10.0 Å². The largest absolute Gasteiger partial charge is 0.479 e. The minimum Gasteiger partial charge on any atom is -0.479 e. The summed E-state index contributed by atoms with van der Waals surface area (Å²) in [5, 5.41) is 8.59. The van der Waals surface area contributed by atoms with E-state index in [1.807, 2.05) is 0 Å². The Hall–Kier alpha value is -0.640. The van der Waals surface area contributed by atoms with E-state index in [2.05, 4.69) is 4.90 Å². The first kappa shape index (κ1) is 9.90. The average molecular weight is 201 g/mol. The molecule has 2 rings (SSSR count). The van der Waals surface area contributed by atoms with Crippen LogP contribution >= 0.6 is 0 Å². The second-order valence-corrected chi connectivity index (χ2v) is 4.36. The van der Waals surface area contributed by atoms with E-state index in [0.29, 0.717) is 12.5 Å². The molecule has 4 heteroatoms. The van der Waals surface area contributed by atoms with Crippen molar-refractivity contribution in [3.8, 4) is 0 Å². The van der Waals surface area contributed by atoms with Gasteiger partial charge in [-0.05, 0) is 38.8 Å². The fraction of sp³-hybridized carbons (Fsp3) is 0.900. The van der Waals surface area contributed by atoms with E-state index >= 15 is 0 Å². The third-order valence-electron chi connectivity index (χ3n) is 3.51. The lowest BCUT2D eigenvalue weighted by atomic mass is 9.87. The lowest BCUT2D eigenvalue weighted by molar-refractivity contribution is -0.145. The molecule has 0 aromatic rings. The van der Waals surface area contributed by atoms with Gasteiger partial charge in [-0.3, -0.25) is 0 Å². The Morgan fingerprint density at radius 2 is 2.21 bits per heavy atom. The number of hydrogen-bond donors (Lipinski definition) is 1. The summed E-state index contributed by atoms with van der Waals surface area (Å²) in [4.78, 5) is 12.9. The van der Waals surface area contributed by atoms with Gasteiger partial charge in [-0.15, -0.1) is 0 Å². The Bertz CT molecular complexity index is 234. The van der Waals surface area contributed by atoms with Crippen molar-refractivity contribution in [2.75, 3.05) is 13.1 Å². The molecule has 0 radical (unpaired) electrons. The fourth-order valence-corrected chi connectivity index (χ4v) is 2.72. The number of piperidine rings is 1. The van der Waals surface area contributed by atoms with E-state index < -0.39 is 12.1 Å². The van der Waals surface area contributed by atoms with Gasteiger partial charge in [0.25, 0.3) is 0 Å². The number of carbonyl (C=O) groups is 1. The van der Waals surface area contributed by atoms with E-state index in [-0.39, 0.29) is 5.92 Å². The molecule has 1 N–H and O–H groups in total. The predicted molar refractivity (Wildman–Crippen MR) is 49.9 cm³/mol. The van der Waals surface area contributed by atoms with Gasteiger partial charge in [0.2, 0.25) is 0 Å². The maximum Gasteiger partial charge on any atom is 0.338 e. The van der Waals surface area contributed by atoms with Crippen molar-refractivity contribution in [1.82, 2.24) is 4.90 Å². The van der Waals surface area contributed by atoms with Crippen molar-refractivity contribution in [2.24, 2.45) is 5.92 Å². The van der Waals surface area contributed by atoms with Crippen LogP contribution in [0, 0.1) is 5.92 Å². The average Bonchev–Trinajstić information content (AvgIpc) is 2.62. The first-order valence-electron chi connectivity index (χ1n) is 5.29. The standard InChI is InChI=1S/C10H16FNO2/c11-9(10(13)14)7-3-5-12-4-1-2-8(12)6-7/h7-9H,1-6H2,(H,13,14). The highest BCUT2D eigenvalue weighted by atomic mass is 19.1. The lowest BCUT2D eigenvalue weighted by Crippen LogP contribution is -2.42. The number of fused-ring (bicyclic) bond motifs is 1. The molecule has 2 heterocycles. The maximum absolute atomic E-state index is 13.3. The Balaban J connectivity index is 1.94. The van der Waals surface area contributed by atoms with Crippen molar-refractivity contribution in [2.45, 2.75) is 37.9 Å². The van der Waals surface area contributed by atoms with Crippen LogP contribution in [0.2, 0.25) is 0 Å². The van der Waals surface area contributed by atoms with Crippen LogP contribution < -0.4 is 0 Å². The lowest BCUT2D eigenvalue weighted by Gasteiger charge is -2.35. The summed E-state index contributed by atoms with van der Waals surface area (Å²) in [7, 11) is 0. The maximum atomic E-state index is 13.3. The highest BCUT2D eigenvalue weighted by molar-refractivity contribution is 5.72. The van der Waals surface area contributed by atoms with Crippen LogP contribution in [0.5, 0.6) is 0 Å². The first-order chi connectivity index (χ1) is 6.68. The van der Waals surface area contributed by atoms with Gasteiger partial charge in [0.05, 0.1) is 0 Å². The molecular weight excluding hydrogens is 185 g/mol. The number of rotatable bonds is 2. The molecule has 3 atom stereocenters. The van der Waals surface area contributed by atoms with Crippen molar-refractivity contribution >= 4 is 5.97 Å². The Kier molecular flexibility index (Phi) is 2.72. The third-order valence-corrected chi connectivity index (χ3v) is 3.51. The molecule has 0 spiro atoms. The monoisotopic (exact) mass is 201 g/mol. The first-order valence-corrected chi connectivity index (χ1v) is 5.29. The number of carboxylic acids is 1. The third kappa shape index (κ3) is 1.75. The van der Waals surface area contributed by atoms with Crippen LogP contribution in [0.25, 0.3) is 0 Å². The van der Waals surface area contributed by atoms with E-state index in [0.717, 1.165) is 25.9 Å². The molecule has 3 nitrogen and oxygen atoms in total. The Morgan fingerprint density at radius 3 is 2.93 bits per heavy atom. The van der Waals surface area contributed by atoms with Crippen LogP contribution in [-0.4, -0.2) is 41.3 Å². The quantitative estimate of drug-likeness (QED) is 0.731. The van der Waals surface area contributed by atoms with E-state index in [1.54, 1.807) is 0 Å². The van der Waals surface area contributed by atoms with Gasteiger partial charge in [0.1, 0.15) is 0 Å². The Morgan fingerprint density at radius 1 is 1.43 bits per heavy atom. The highest BCUT2D eigenvalue weighted by Gasteiger charge is 2.37. The zero-order valence-electron chi connectivity index (χ0n) is 8.16. The minimum atomic E-state index is -1.65. The topological polar surface area (TPSA) is 40.5 Å². The SMILES string of the molecule is O=C(O)C(F)C1CCN2CCCC2C1. The van der Waals surface area contributed by atoms with Gasteiger partial charge in [0, 0.05) is 12.0 Å². The van der Waals surface area contributed by atoms with Crippen LogP contribution in [0.4, 0.5) is 4.39 Å². The summed E-state index contributed by atoms with van der Waals surface area (Å²) < 4.78 is 13.3. The molecule has 3 unspecified atom stereocenters. The van der Waals surface area contributed by atoms with Gasteiger partial charge >= 0.3 is 5.97 Å². The zero-order valence-corrected chi connectivity index (χ0v) is 8.16. The molecule has 0 aromatic heterocycles. The number of aliphatic carboxylic acids is 1. The van der Waals surface area contributed by atoms with Gasteiger partial charge in [-0.2, -0.15) is 0 Å². The molecule has 0 bridgehead atoms. The smallest absolute Gasteiger partial charge is 0.338 e. The van der Waals surface area contributed by atoms with Crippen LogP contribution in [0.1, 0.15) is 25.7 Å². The molecule has 2 fully saturated rings. The van der Waals surface area contributed by atoms with Crippen molar-refractivity contribution in [1.29, 1.82) is 0 Å². The fourth-order valence-electron chi connectivity index (χ4n) is 2.72. The summed E-state index contributed by atoms with van der Waals surface area (Å²) in [6, 6.07) is 0.450. The zero-order chi connectivity index (χ0) is 10.1. The molecule has 0 aliphatic carbocycles. The summed E-state index contributed by atoms with van der Waals surface area (Å²) in [6.45, 7) is 1.99. The number of hydrogen-bond acceptors (Lipinski definition) is 2. The summed E-state index contributed by atoms with van der Waals surface area (Å²) in [6.07, 6.45) is 2.07. The predicted octanol–water partition coefficient (Wildman–Crippen LogP) is 1.28. The van der Waals surface area contributed by atoms with Crippen LogP contribution in [-0.2, 0) is 4.79 Å². The molecule has 0 saturated carbocycles. The second-order valence-electron chi connectivity index (χ2n) is 4.36. The van der Waals surface area contributed by atoms with Crippen molar-refractivity contribution in [3.63, 3.8) is 0 Å². The van der Waals surface area contributed by atoms with Gasteiger partial charge in [0.15, 0.2) is 6.17 Å². The number of carboxylic acid groups (broad SMARTS) is 1. The summed E-state index contributed by atoms with van der Waals surface area (Å²) in [5.74, 6) is -1.55. The molecule has 2 saturated heterocycles. The van der Waals surface area contributed by atoms with Gasteiger partial charge in [-0.1, -0.05) is 0 Å². The van der Waals surface area contributed by atoms with Crippen molar-refractivity contribution < 1.29 is 14.3 Å². The van der Waals surface area contributed by atoms with E-state index in [4.69, 9.17) is 5.11 Å². The second kappa shape index (κ2) is 3.85. The van der Waals surface area contributed by atoms with Crippen molar-refractivity contribution in [3.05, 3.63) is 0 Å². The molecule has 2 aliphatic heterocycles. The molecule has 0 amide bonds. The van der Waals surface area contributed by atoms with Gasteiger partial charge in [-0.25, -0.2) is 9.18 Å². The van der Waals surface area contributed by atoms with Crippen LogP contribution in [0.15, 0.2) is 0 Å². The Labute approximate surface area is 82.9 Å². The van der Waals surface area contributed by atoms with E-state index in [1.165, 1.54) is 6.42 Å². The molecule has 14 heavy (non-hydrogen) atoms. The van der Waals surface area contributed by atoms with Crippen LogP contribution in [0.3, 0.4) is 0 Å². The molecule has 80 valence electrons. The molecule has 2 aliphatic rings. The molecular formula is C10H16FNO2. The summed E-state index contributed by atoms with van der Waals surface area (Å²) >= 11 is 0. The highest BCUT2D eigenvalue weighted by Crippen LogP contribution is 2.32. The number of halogens is 1. The summed E-state index contributed by atoms with van der Waals surface area (Å²) in [5.41, 5.74) is 0. The number of nitrogens with zero attached hydrogens (tertiary/aromatic N) is 1. The minimum absolute atomic E-state index is 0.258. The van der Waals surface area contributed by atoms with E-state index in [9.17, 15) is 9.18 Å². The normalized spacial score (nSPS) is 35.2. The number of alkyl halides is 1. The molecule has 0 aromatic carbocycles.